The minimum absolute atomic E-state index is 0. The molecular formula is C26H26ClN7O5S. The third kappa shape index (κ3) is 5.46. The summed E-state index contributed by atoms with van der Waals surface area (Å²) >= 11 is 6.40. The Labute approximate surface area is 236 Å². The fraction of sp³-hybridized carbons (Fsp3) is 0.192. The van der Waals surface area contributed by atoms with E-state index < -0.39 is 10.0 Å². The van der Waals surface area contributed by atoms with Gasteiger partial charge in [0.15, 0.2) is 28.1 Å². The molecule has 4 heterocycles. The number of halogens is 1. The minimum atomic E-state index is -3.95. The van der Waals surface area contributed by atoms with Crippen molar-refractivity contribution in [3.05, 3.63) is 71.6 Å². The third-order valence-electron chi connectivity index (χ3n) is 5.64. The van der Waals surface area contributed by atoms with Gasteiger partial charge < -0.3 is 14.2 Å². The number of methoxy groups -OCH3 is 2. The monoisotopic (exact) mass is 583 g/mol. The van der Waals surface area contributed by atoms with Gasteiger partial charge >= 0.3 is 0 Å². The van der Waals surface area contributed by atoms with E-state index in [1.807, 2.05) is 6.92 Å². The smallest absolute Gasteiger partial charge is 0.239 e. The summed E-state index contributed by atoms with van der Waals surface area (Å²) in [5, 5.41) is -0.184. The molecule has 0 aliphatic rings. The highest BCUT2D eigenvalue weighted by molar-refractivity contribution is 7.91. The van der Waals surface area contributed by atoms with Crippen molar-refractivity contribution in [2.24, 2.45) is 0 Å². The molecule has 40 heavy (non-hydrogen) atoms. The zero-order valence-electron chi connectivity index (χ0n) is 21.7. The van der Waals surface area contributed by atoms with Gasteiger partial charge in [-0.3, -0.25) is 14.3 Å². The van der Waals surface area contributed by atoms with Crippen LogP contribution in [-0.2, 0) is 15.8 Å². The molecule has 0 spiro atoms. The minimum Gasteiger partial charge on any atom is -0.494 e. The number of imidazole rings is 1. The summed E-state index contributed by atoms with van der Waals surface area (Å²) in [6, 6.07) is 15.5. The maximum Gasteiger partial charge on any atom is 0.239 e. The van der Waals surface area contributed by atoms with Crippen molar-refractivity contribution in [1.29, 1.82) is 0 Å². The molecule has 0 unspecified atom stereocenters. The quantitative estimate of drug-likeness (QED) is 0.249. The van der Waals surface area contributed by atoms with Crippen molar-refractivity contribution in [2.45, 2.75) is 12.7 Å². The lowest BCUT2D eigenvalue weighted by molar-refractivity contribution is 0.327. The highest BCUT2D eigenvalue weighted by Crippen LogP contribution is 2.38. The molecule has 0 bridgehead atoms. The van der Waals surface area contributed by atoms with E-state index in [0.29, 0.717) is 46.9 Å². The van der Waals surface area contributed by atoms with E-state index in [2.05, 4.69) is 29.6 Å². The van der Waals surface area contributed by atoms with Crippen LogP contribution in [-0.4, -0.2) is 58.7 Å². The van der Waals surface area contributed by atoms with Crippen LogP contribution in [0.4, 0.5) is 5.82 Å². The molecule has 0 amide bonds. The molecule has 14 heteroatoms. The van der Waals surface area contributed by atoms with Gasteiger partial charge in [0, 0.05) is 13.7 Å². The Morgan fingerprint density at radius 2 is 1.70 bits per heavy atom. The van der Waals surface area contributed by atoms with Gasteiger partial charge in [0.1, 0.15) is 28.6 Å². The van der Waals surface area contributed by atoms with E-state index in [9.17, 15) is 8.42 Å². The first kappa shape index (κ1) is 27.1. The topological polar surface area (TPSA) is 143 Å². The summed E-state index contributed by atoms with van der Waals surface area (Å²) in [6.07, 6.45) is 1.51. The molecule has 5 aromatic rings. The van der Waals surface area contributed by atoms with Crippen LogP contribution in [0.1, 0.15) is 14.0 Å². The number of nitrogens with one attached hydrogen (secondary N) is 1. The SMILES string of the molecule is CCOc1cccc(-c2nc3nc(Cl)c(NS(=O)(=O)Cc4ccccn4)nc3n2-c2c(OC)cccc2OC)n1.[HH]. The van der Waals surface area contributed by atoms with Crippen molar-refractivity contribution in [3.8, 4) is 34.6 Å². The molecule has 208 valence electrons. The number of pyridine rings is 2. The van der Waals surface area contributed by atoms with Crippen molar-refractivity contribution in [2.75, 3.05) is 25.5 Å². The summed E-state index contributed by atoms with van der Waals surface area (Å²) in [4.78, 5) is 22.2. The number of hydrogen-bond donors (Lipinski definition) is 1. The van der Waals surface area contributed by atoms with E-state index >= 15 is 0 Å². The number of aromatic nitrogens is 6. The molecule has 0 saturated heterocycles. The Morgan fingerprint density at radius 3 is 2.38 bits per heavy atom. The summed E-state index contributed by atoms with van der Waals surface area (Å²) in [5.74, 6) is 1.03. The average Bonchev–Trinajstić information content (AvgIpc) is 3.30. The number of anilines is 1. The summed E-state index contributed by atoms with van der Waals surface area (Å²) in [7, 11) is -0.909. The summed E-state index contributed by atoms with van der Waals surface area (Å²) in [5.41, 5.74) is 1.57. The molecular weight excluding hydrogens is 558 g/mol. The highest BCUT2D eigenvalue weighted by atomic mass is 35.5. The van der Waals surface area contributed by atoms with Gasteiger partial charge in [-0.25, -0.2) is 28.4 Å². The highest BCUT2D eigenvalue weighted by Gasteiger charge is 2.26. The van der Waals surface area contributed by atoms with Crippen LogP contribution in [0.25, 0.3) is 28.5 Å². The van der Waals surface area contributed by atoms with Crippen LogP contribution in [0.5, 0.6) is 17.4 Å². The van der Waals surface area contributed by atoms with E-state index in [0.717, 1.165) is 0 Å². The lowest BCUT2D eigenvalue weighted by Gasteiger charge is -2.16. The largest absolute Gasteiger partial charge is 0.494 e. The summed E-state index contributed by atoms with van der Waals surface area (Å²) < 4.78 is 46.9. The fourth-order valence-electron chi connectivity index (χ4n) is 4.00. The van der Waals surface area contributed by atoms with Gasteiger partial charge in [-0.1, -0.05) is 29.8 Å². The van der Waals surface area contributed by atoms with Gasteiger partial charge in [0.2, 0.25) is 15.9 Å². The van der Waals surface area contributed by atoms with Gasteiger partial charge in [0.05, 0.1) is 26.5 Å². The maximum absolute atomic E-state index is 13.0. The number of ether oxygens (including phenoxy) is 3. The second-order valence-corrected chi connectivity index (χ2v) is 10.3. The van der Waals surface area contributed by atoms with Crippen LogP contribution < -0.4 is 18.9 Å². The van der Waals surface area contributed by atoms with E-state index in [4.69, 9.17) is 25.8 Å². The number of nitrogens with zero attached hydrogens (tertiary/aromatic N) is 6. The second kappa shape index (κ2) is 11.3. The molecule has 4 aromatic heterocycles. The molecule has 5 rings (SSSR count). The molecule has 0 saturated carbocycles. The Kier molecular flexibility index (Phi) is 7.67. The number of benzene rings is 1. The first-order valence-corrected chi connectivity index (χ1v) is 14.0. The second-order valence-electron chi connectivity index (χ2n) is 8.27. The van der Waals surface area contributed by atoms with E-state index in [1.54, 1.807) is 59.2 Å². The van der Waals surface area contributed by atoms with Gasteiger partial charge in [0.25, 0.3) is 0 Å². The molecule has 0 aliphatic heterocycles. The molecule has 1 aromatic carbocycles. The van der Waals surface area contributed by atoms with Crippen molar-refractivity contribution in [3.63, 3.8) is 0 Å². The zero-order valence-corrected chi connectivity index (χ0v) is 23.3. The molecule has 12 nitrogen and oxygen atoms in total. The lowest BCUT2D eigenvalue weighted by Crippen LogP contribution is -2.17. The molecule has 1 N–H and O–H groups in total. The standard InChI is InChI=1S/C26H24ClN7O5S.H2/c1-4-39-20-13-7-10-17(29-20)25-32-24-26(34(25)21-18(37-2)11-8-12-19(21)38-3)31-23(22(27)30-24)33-40(35,36)15-16-9-5-6-14-28-16;/h5-14H,4,15H2,1-3H3,(H,31,33);1H. The van der Waals surface area contributed by atoms with Crippen LogP contribution in [0, 0.1) is 0 Å². The van der Waals surface area contributed by atoms with E-state index in [-0.39, 0.29) is 29.4 Å². The van der Waals surface area contributed by atoms with Crippen LogP contribution >= 0.6 is 11.6 Å². The number of rotatable bonds is 10. The molecule has 0 radical (unpaired) electrons. The predicted octanol–water partition coefficient (Wildman–Crippen LogP) is 4.53. The van der Waals surface area contributed by atoms with Crippen molar-refractivity contribution < 1.29 is 24.1 Å². The van der Waals surface area contributed by atoms with Crippen LogP contribution in [0.2, 0.25) is 5.15 Å². The van der Waals surface area contributed by atoms with Crippen LogP contribution in [0.15, 0.2) is 60.8 Å². The third-order valence-corrected chi connectivity index (χ3v) is 7.08. The Hall–Kier alpha value is -4.49. The Balaban J connectivity index is 0.00000387. The average molecular weight is 584 g/mol. The molecule has 0 fully saturated rings. The first-order valence-electron chi connectivity index (χ1n) is 12.0. The fourth-order valence-corrected chi connectivity index (χ4v) is 5.30. The van der Waals surface area contributed by atoms with E-state index in [1.165, 1.54) is 20.4 Å². The number of hydrogen-bond acceptors (Lipinski definition) is 10. The number of fused-ring (bicyclic) bond motifs is 1. The van der Waals surface area contributed by atoms with Gasteiger partial charge in [-0.15, -0.1) is 0 Å². The molecule has 0 atom stereocenters. The van der Waals surface area contributed by atoms with Crippen LogP contribution in [0.3, 0.4) is 0 Å². The summed E-state index contributed by atoms with van der Waals surface area (Å²) in [6.45, 7) is 2.28. The lowest BCUT2D eigenvalue weighted by atomic mass is 10.2. The number of sulfonamides is 1. The first-order chi connectivity index (χ1) is 19.3. The maximum atomic E-state index is 13.0. The Bertz CT molecular complexity index is 1770. The van der Waals surface area contributed by atoms with Crippen molar-refractivity contribution >= 4 is 38.7 Å². The zero-order chi connectivity index (χ0) is 28.3. The van der Waals surface area contributed by atoms with Crippen molar-refractivity contribution in [1.82, 2.24) is 29.5 Å². The Morgan fingerprint density at radius 1 is 0.950 bits per heavy atom. The predicted molar refractivity (Wildman–Crippen MR) is 152 cm³/mol. The molecule has 0 aliphatic carbocycles. The number of para-hydroxylation sites is 1. The normalized spacial score (nSPS) is 11.4. The van der Waals surface area contributed by atoms with Gasteiger partial charge in [-0.2, -0.15) is 0 Å². The van der Waals surface area contributed by atoms with Gasteiger partial charge in [-0.05, 0) is 37.3 Å².